The molecule has 0 atom stereocenters. The van der Waals surface area contributed by atoms with Crippen LogP contribution < -0.4 is 11.1 Å². The molecule has 0 aliphatic carbocycles. The highest BCUT2D eigenvalue weighted by atomic mass is 16.6. The summed E-state index contributed by atoms with van der Waals surface area (Å²) in [6.07, 6.45) is 0. The van der Waals surface area contributed by atoms with Crippen molar-refractivity contribution in [3.8, 4) is 0 Å². The van der Waals surface area contributed by atoms with Gasteiger partial charge in [-0.2, -0.15) is 0 Å². The number of rotatable bonds is 4. The summed E-state index contributed by atoms with van der Waals surface area (Å²) in [6, 6.07) is 2.90. The Morgan fingerprint density at radius 3 is 2.73 bits per heavy atom. The summed E-state index contributed by atoms with van der Waals surface area (Å²) in [5.41, 5.74) is 5.27. The van der Waals surface area contributed by atoms with Crippen molar-refractivity contribution in [1.29, 1.82) is 0 Å². The molecule has 0 aliphatic heterocycles. The second kappa shape index (κ2) is 4.59. The van der Waals surface area contributed by atoms with E-state index in [0.717, 1.165) is 6.54 Å². The van der Waals surface area contributed by atoms with E-state index in [9.17, 15) is 10.1 Å². The maximum absolute atomic E-state index is 10.5. The Balaban J connectivity index is 2.78. The molecule has 0 bridgehead atoms. The first-order valence-electron chi connectivity index (χ1n) is 4.65. The van der Waals surface area contributed by atoms with E-state index in [1.54, 1.807) is 6.07 Å². The second-order valence-electron chi connectivity index (χ2n) is 3.63. The maximum Gasteiger partial charge on any atom is 0.311 e. The van der Waals surface area contributed by atoms with Crippen LogP contribution in [0.25, 0.3) is 0 Å². The molecule has 82 valence electrons. The van der Waals surface area contributed by atoms with Gasteiger partial charge >= 0.3 is 5.69 Å². The summed E-state index contributed by atoms with van der Waals surface area (Å²) in [6.45, 7) is 4.87. The van der Waals surface area contributed by atoms with Gasteiger partial charge in [0.05, 0.1) is 4.92 Å². The molecule has 1 aromatic heterocycles. The Hall–Kier alpha value is -1.85. The fourth-order valence-corrected chi connectivity index (χ4v) is 1.03. The standard InChI is InChI=1S/C9H14N4O2/c1-6(2)5-11-8-4-3-7(13(14)15)9(10)12-8/h3-4,6H,5H2,1-2H3,(H3,10,11,12). The van der Waals surface area contributed by atoms with E-state index < -0.39 is 4.92 Å². The Kier molecular flexibility index (Phi) is 3.43. The quantitative estimate of drug-likeness (QED) is 0.582. The molecule has 0 saturated heterocycles. The minimum absolute atomic E-state index is 0.0613. The molecule has 0 aliphatic rings. The molecule has 0 saturated carbocycles. The van der Waals surface area contributed by atoms with Gasteiger partial charge in [0.25, 0.3) is 0 Å². The van der Waals surface area contributed by atoms with Gasteiger partial charge in [0.15, 0.2) is 0 Å². The molecule has 0 unspecified atom stereocenters. The first-order valence-corrected chi connectivity index (χ1v) is 4.65. The van der Waals surface area contributed by atoms with E-state index >= 15 is 0 Å². The molecule has 0 aromatic carbocycles. The van der Waals surface area contributed by atoms with Crippen LogP contribution in [0.2, 0.25) is 0 Å². The molecular weight excluding hydrogens is 196 g/mol. The van der Waals surface area contributed by atoms with E-state index in [4.69, 9.17) is 5.73 Å². The highest BCUT2D eigenvalue weighted by molar-refractivity contribution is 5.57. The number of nitrogens with zero attached hydrogens (tertiary/aromatic N) is 2. The van der Waals surface area contributed by atoms with Crippen LogP contribution in [0.4, 0.5) is 17.3 Å². The van der Waals surface area contributed by atoms with Crippen LogP contribution in [-0.4, -0.2) is 16.5 Å². The van der Waals surface area contributed by atoms with Crippen molar-refractivity contribution in [2.45, 2.75) is 13.8 Å². The molecule has 0 spiro atoms. The zero-order valence-corrected chi connectivity index (χ0v) is 8.73. The van der Waals surface area contributed by atoms with Gasteiger partial charge in [-0.1, -0.05) is 13.8 Å². The van der Waals surface area contributed by atoms with Gasteiger partial charge in [-0.05, 0) is 12.0 Å². The zero-order valence-electron chi connectivity index (χ0n) is 8.73. The Bertz CT molecular complexity index is 365. The lowest BCUT2D eigenvalue weighted by atomic mass is 10.2. The number of pyridine rings is 1. The van der Waals surface area contributed by atoms with Crippen molar-refractivity contribution in [2.24, 2.45) is 5.92 Å². The topological polar surface area (TPSA) is 94.1 Å². The number of nitrogen functional groups attached to an aromatic ring is 1. The lowest BCUT2D eigenvalue weighted by molar-refractivity contribution is -0.384. The number of aromatic nitrogens is 1. The van der Waals surface area contributed by atoms with Crippen molar-refractivity contribution in [3.05, 3.63) is 22.2 Å². The van der Waals surface area contributed by atoms with E-state index in [0.29, 0.717) is 11.7 Å². The fraction of sp³-hybridized carbons (Fsp3) is 0.444. The SMILES string of the molecule is CC(C)CNc1ccc([N+](=O)[O-])c(N)n1. The molecule has 1 rings (SSSR count). The fourth-order valence-electron chi connectivity index (χ4n) is 1.03. The van der Waals surface area contributed by atoms with Crippen molar-refractivity contribution in [2.75, 3.05) is 17.6 Å². The van der Waals surface area contributed by atoms with Crippen LogP contribution in [0.1, 0.15) is 13.8 Å². The van der Waals surface area contributed by atoms with Gasteiger partial charge in [0.1, 0.15) is 5.82 Å². The number of nitro groups is 1. The lowest BCUT2D eigenvalue weighted by Gasteiger charge is -2.08. The van der Waals surface area contributed by atoms with Gasteiger partial charge in [-0.3, -0.25) is 10.1 Å². The molecule has 6 heteroatoms. The van der Waals surface area contributed by atoms with Crippen molar-refractivity contribution in [3.63, 3.8) is 0 Å². The smallest absolute Gasteiger partial charge is 0.311 e. The van der Waals surface area contributed by atoms with Gasteiger partial charge in [-0.15, -0.1) is 0 Å². The van der Waals surface area contributed by atoms with Gasteiger partial charge in [0.2, 0.25) is 5.82 Å². The van der Waals surface area contributed by atoms with Gasteiger partial charge in [0, 0.05) is 12.6 Å². The van der Waals surface area contributed by atoms with E-state index in [1.165, 1.54) is 6.07 Å². The first-order chi connectivity index (χ1) is 7.00. The van der Waals surface area contributed by atoms with Crippen LogP contribution in [0.3, 0.4) is 0 Å². The minimum atomic E-state index is -0.547. The van der Waals surface area contributed by atoms with Crippen molar-refractivity contribution < 1.29 is 4.92 Å². The summed E-state index contributed by atoms with van der Waals surface area (Å²) in [5, 5.41) is 13.5. The third-order valence-electron chi connectivity index (χ3n) is 1.79. The molecule has 0 fully saturated rings. The molecule has 0 radical (unpaired) electrons. The molecular formula is C9H14N4O2. The molecule has 15 heavy (non-hydrogen) atoms. The van der Waals surface area contributed by atoms with Gasteiger partial charge in [-0.25, -0.2) is 4.98 Å². The van der Waals surface area contributed by atoms with Gasteiger partial charge < -0.3 is 11.1 Å². The average Bonchev–Trinajstić information content (AvgIpc) is 2.14. The Labute approximate surface area is 87.7 Å². The van der Waals surface area contributed by atoms with E-state index in [-0.39, 0.29) is 11.5 Å². The number of anilines is 2. The third-order valence-corrected chi connectivity index (χ3v) is 1.79. The predicted octanol–water partition coefficient (Wildman–Crippen LogP) is 1.64. The van der Waals surface area contributed by atoms with Crippen molar-refractivity contribution >= 4 is 17.3 Å². The summed E-state index contributed by atoms with van der Waals surface area (Å²) in [4.78, 5) is 13.8. The molecule has 1 heterocycles. The average molecular weight is 210 g/mol. The molecule has 6 nitrogen and oxygen atoms in total. The molecule has 1 aromatic rings. The largest absolute Gasteiger partial charge is 0.378 e. The second-order valence-corrected chi connectivity index (χ2v) is 3.63. The number of hydrogen-bond acceptors (Lipinski definition) is 5. The number of hydrogen-bond donors (Lipinski definition) is 2. The van der Waals surface area contributed by atoms with E-state index in [1.807, 2.05) is 0 Å². The Morgan fingerprint density at radius 1 is 1.60 bits per heavy atom. The monoisotopic (exact) mass is 210 g/mol. The minimum Gasteiger partial charge on any atom is -0.378 e. The number of nitrogens with two attached hydrogens (primary N) is 1. The highest BCUT2D eigenvalue weighted by Gasteiger charge is 2.12. The predicted molar refractivity (Wildman–Crippen MR) is 58.6 cm³/mol. The molecule has 3 N–H and O–H groups in total. The zero-order chi connectivity index (χ0) is 11.4. The Morgan fingerprint density at radius 2 is 2.27 bits per heavy atom. The van der Waals surface area contributed by atoms with Crippen LogP contribution in [0.15, 0.2) is 12.1 Å². The maximum atomic E-state index is 10.5. The third kappa shape index (κ3) is 3.08. The van der Waals surface area contributed by atoms with Crippen LogP contribution in [-0.2, 0) is 0 Å². The lowest BCUT2D eigenvalue weighted by Crippen LogP contribution is -2.10. The summed E-state index contributed by atoms with van der Waals surface area (Å²) in [5.74, 6) is 0.976. The van der Waals surface area contributed by atoms with Crippen molar-refractivity contribution in [1.82, 2.24) is 4.98 Å². The first kappa shape index (κ1) is 11.2. The normalized spacial score (nSPS) is 10.3. The highest BCUT2D eigenvalue weighted by Crippen LogP contribution is 2.20. The molecule has 0 amide bonds. The number of nitrogens with one attached hydrogen (secondary N) is 1. The summed E-state index contributed by atoms with van der Waals surface area (Å²) >= 11 is 0. The summed E-state index contributed by atoms with van der Waals surface area (Å²) < 4.78 is 0. The van der Waals surface area contributed by atoms with Crippen LogP contribution in [0, 0.1) is 16.0 Å². The van der Waals surface area contributed by atoms with Crippen LogP contribution in [0.5, 0.6) is 0 Å². The van der Waals surface area contributed by atoms with E-state index in [2.05, 4.69) is 24.1 Å². The van der Waals surface area contributed by atoms with Crippen LogP contribution >= 0.6 is 0 Å². The summed E-state index contributed by atoms with van der Waals surface area (Å²) in [7, 11) is 0.